The first-order valence-corrected chi connectivity index (χ1v) is 12.0. The number of anilines is 1. The topological polar surface area (TPSA) is 78.9 Å². The molecule has 33 heavy (non-hydrogen) atoms. The molecule has 1 fully saturated rings. The molecule has 1 aliphatic heterocycles. The van der Waals surface area contributed by atoms with Crippen molar-refractivity contribution in [2.75, 3.05) is 18.9 Å². The van der Waals surface area contributed by atoms with Gasteiger partial charge in [0.05, 0.1) is 12.5 Å². The van der Waals surface area contributed by atoms with Gasteiger partial charge in [-0.15, -0.1) is 0 Å². The van der Waals surface area contributed by atoms with Crippen LogP contribution >= 0.6 is 0 Å². The Kier molecular flexibility index (Phi) is 7.21. The van der Waals surface area contributed by atoms with Crippen molar-refractivity contribution in [3.8, 4) is 5.75 Å². The molecule has 6 nitrogen and oxygen atoms in total. The average molecular weight is 451 g/mol. The van der Waals surface area contributed by atoms with Crippen molar-refractivity contribution < 1.29 is 19.4 Å². The van der Waals surface area contributed by atoms with Crippen molar-refractivity contribution >= 4 is 17.6 Å². The summed E-state index contributed by atoms with van der Waals surface area (Å²) in [5.41, 5.74) is 2.80. The number of nitrogens with one attached hydrogen (secondary N) is 1. The van der Waals surface area contributed by atoms with Crippen LogP contribution in [0.15, 0.2) is 48.5 Å². The molecule has 4 rings (SSSR count). The zero-order chi connectivity index (χ0) is 23.4. The van der Waals surface area contributed by atoms with Crippen LogP contribution in [-0.4, -0.2) is 47.6 Å². The smallest absolute Gasteiger partial charge is 0.305 e. The van der Waals surface area contributed by atoms with Gasteiger partial charge in [-0.25, -0.2) is 0 Å². The first-order valence-electron chi connectivity index (χ1n) is 12.0. The molecule has 0 saturated heterocycles. The third-order valence-electron chi connectivity index (χ3n) is 7.15. The molecule has 0 bridgehead atoms. The quantitative estimate of drug-likeness (QED) is 0.581. The average Bonchev–Trinajstić information content (AvgIpc) is 3.17. The fourth-order valence-electron chi connectivity index (χ4n) is 5.22. The molecule has 1 saturated carbocycles. The lowest BCUT2D eigenvalue weighted by atomic mass is 9.78. The second kappa shape index (κ2) is 10.3. The minimum absolute atomic E-state index is 0.0626. The van der Waals surface area contributed by atoms with Crippen LogP contribution in [0.2, 0.25) is 0 Å². The Balaban J connectivity index is 1.49. The number of carbonyl (C=O) groups excluding carboxylic acids is 1. The minimum Gasteiger partial charge on any atom is -0.487 e. The van der Waals surface area contributed by atoms with Gasteiger partial charge in [-0.2, -0.15) is 0 Å². The summed E-state index contributed by atoms with van der Waals surface area (Å²) in [7, 11) is 1.63. The number of carboxylic acids is 1. The predicted molar refractivity (Wildman–Crippen MR) is 129 cm³/mol. The fraction of sp³-hybridized carbons (Fsp3) is 0.481. The van der Waals surface area contributed by atoms with Crippen LogP contribution in [0.4, 0.5) is 5.69 Å². The van der Waals surface area contributed by atoms with Gasteiger partial charge in [-0.05, 0) is 49.1 Å². The van der Waals surface area contributed by atoms with E-state index in [0.29, 0.717) is 17.4 Å². The highest BCUT2D eigenvalue weighted by atomic mass is 16.5. The molecule has 3 atom stereocenters. The molecule has 0 radical (unpaired) electrons. The molecular formula is C27H34N2O4. The standard InChI is InChI=1S/C27H34N2O4/c1-18-22-10-6-7-11-23(22)33-26(18)25(19-8-4-3-5-9-19)28-21-14-12-20(13-15-21)27(32)29(2)17-16-24(30)31/h6-7,10-15,18-19,25-26,28H,3-5,8-9,16-17H2,1-2H3,(H,30,31). The Labute approximate surface area is 195 Å². The molecule has 2 aromatic rings. The highest BCUT2D eigenvalue weighted by Crippen LogP contribution is 2.43. The normalized spacial score (nSPS) is 21.0. The summed E-state index contributed by atoms with van der Waals surface area (Å²) in [5, 5.41) is 12.6. The molecule has 3 unspecified atom stereocenters. The summed E-state index contributed by atoms with van der Waals surface area (Å²) < 4.78 is 6.48. The van der Waals surface area contributed by atoms with E-state index in [0.717, 1.165) is 11.4 Å². The second-order valence-electron chi connectivity index (χ2n) is 9.42. The summed E-state index contributed by atoms with van der Waals surface area (Å²) in [6, 6.07) is 16.0. The van der Waals surface area contributed by atoms with E-state index in [1.54, 1.807) is 7.05 Å². The molecular weight excluding hydrogens is 416 g/mol. The van der Waals surface area contributed by atoms with Crippen LogP contribution in [0.25, 0.3) is 0 Å². The van der Waals surface area contributed by atoms with E-state index in [9.17, 15) is 9.59 Å². The van der Waals surface area contributed by atoms with E-state index in [-0.39, 0.29) is 31.0 Å². The molecule has 2 N–H and O–H groups in total. The van der Waals surface area contributed by atoms with Gasteiger partial charge in [0.25, 0.3) is 5.91 Å². The van der Waals surface area contributed by atoms with E-state index < -0.39 is 5.97 Å². The number of ether oxygens (including phenoxy) is 1. The molecule has 2 aliphatic rings. The lowest BCUT2D eigenvalue weighted by molar-refractivity contribution is -0.137. The summed E-state index contributed by atoms with van der Waals surface area (Å²) in [6.45, 7) is 2.44. The third-order valence-corrected chi connectivity index (χ3v) is 7.15. The second-order valence-corrected chi connectivity index (χ2v) is 9.42. The number of para-hydroxylation sites is 1. The number of nitrogens with zero attached hydrogens (tertiary/aromatic N) is 1. The highest BCUT2D eigenvalue weighted by molar-refractivity contribution is 5.94. The lowest BCUT2D eigenvalue weighted by Gasteiger charge is -2.36. The number of rotatable bonds is 8. The van der Waals surface area contributed by atoms with Crippen LogP contribution in [0.3, 0.4) is 0 Å². The van der Waals surface area contributed by atoms with Gasteiger partial charge >= 0.3 is 5.97 Å². The van der Waals surface area contributed by atoms with Gasteiger partial charge < -0.3 is 20.1 Å². The Bertz CT molecular complexity index is 968. The van der Waals surface area contributed by atoms with Gasteiger partial charge in [0, 0.05) is 36.3 Å². The number of benzene rings is 2. The Hall–Kier alpha value is -3.02. The van der Waals surface area contributed by atoms with Gasteiger partial charge in [0.1, 0.15) is 11.9 Å². The molecule has 1 aliphatic carbocycles. The largest absolute Gasteiger partial charge is 0.487 e. The number of carboxylic acid groups (broad SMARTS) is 1. The predicted octanol–water partition coefficient (Wildman–Crippen LogP) is 5.16. The van der Waals surface area contributed by atoms with Gasteiger partial charge in [0.2, 0.25) is 0 Å². The molecule has 6 heteroatoms. The van der Waals surface area contributed by atoms with Gasteiger partial charge in [-0.3, -0.25) is 9.59 Å². The zero-order valence-corrected chi connectivity index (χ0v) is 19.5. The van der Waals surface area contributed by atoms with Crippen molar-refractivity contribution in [2.24, 2.45) is 5.92 Å². The molecule has 1 amide bonds. The van der Waals surface area contributed by atoms with E-state index in [1.165, 1.54) is 42.6 Å². The summed E-state index contributed by atoms with van der Waals surface area (Å²) in [4.78, 5) is 24.8. The van der Waals surface area contributed by atoms with Crippen LogP contribution in [0.1, 0.15) is 67.3 Å². The van der Waals surface area contributed by atoms with Crippen molar-refractivity contribution in [1.29, 1.82) is 0 Å². The van der Waals surface area contributed by atoms with Gasteiger partial charge in [0.15, 0.2) is 0 Å². The van der Waals surface area contributed by atoms with Crippen molar-refractivity contribution in [2.45, 2.75) is 63.5 Å². The maximum absolute atomic E-state index is 12.6. The monoisotopic (exact) mass is 450 g/mol. The SMILES string of the molecule is CC1c2ccccc2OC1C(Nc1ccc(C(=O)N(C)CCC(=O)O)cc1)C1CCCCC1. The van der Waals surface area contributed by atoms with Crippen molar-refractivity contribution in [1.82, 2.24) is 4.90 Å². The number of hydrogen-bond donors (Lipinski definition) is 2. The van der Waals surface area contributed by atoms with Crippen LogP contribution < -0.4 is 10.1 Å². The fourth-order valence-corrected chi connectivity index (χ4v) is 5.22. The number of aliphatic carboxylic acids is 1. The Morgan fingerprint density at radius 3 is 2.45 bits per heavy atom. The lowest BCUT2D eigenvalue weighted by Crippen LogP contribution is -2.44. The van der Waals surface area contributed by atoms with E-state index in [1.807, 2.05) is 30.3 Å². The minimum atomic E-state index is -0.909. The molecule has 176 valence electrons. The summed E-state index contributed by atoms with van der Waals surface area (Å²) in [5.74, 6) is 0.763. The van der Waals surface area contributed by atoms with Gasteiger partial charge in [-0.1, -0.05) is 44.4 Å². The Morgan fingerprint density at radius 1 is 1.09 bits per heavy atom. The maximum Gasteiger partial charge on any atom is 0.305 e. The van der Waals surface area contributed by atoms with Crippen molar-refractivity contribution in [3.63, 3.8) is 0 Å². The van der Waals surface area contributed by atoms with Crippen molar-refractivity contribution in [3.05, 3.63) is 59.7 Å². The van der Waals surface area contributed by atoms with E-state index in [4.69, 9.17) is 9.84 Å². The maximum atomic E-state index is 12.6. The summed E-state index contributed by atoms with van der Waals surface area (Å²) >= 11 is 0. The number of fused-ring (bicyclic) bond motifs is 1. The number of carbonyl (C=O) groups is 2. The molecule has 2 aromatic carbocycles. The van der Waals surface area contributed by atoms with Crippen LogP contribution in [0.5, 0.6) is 5.75 Å². The van der Waals surface area contributed by atoms with Crippen LogP contribution in [0, 0.1) is 5.92 Å². The summed E-state index contributed by atoms with van der Waals surface area (Å²) in [6.07, 6.45) is 6.22. The molecule has 0 spiro atoms. The zero-order valence-electron chi connectivity index (χ0n) is 19.5. The Morgan fingerprint density at radius 2 is 1.79 bits per heavy atom. The highest BCUT2D eigenvalue weighted by Gasteiger charge is 2.40. The third kappa shape index (κ3) is 5.32. The first kappa shape index (κ1) is 23.1. The van der Waals surface area contributed by atoms with E-state index in [2.05, 4.69) is 30.4 Å². The number of hydrogen-bond acceptors (Lipinski definition) is 4. The van der Waals surface area contributed by atoms with E-state index >= 15 is 0 Å². The van der Waals surface area contributed by atoms with Crippen LogP contribution in [-0.2, 0) is 4.79 Å². The first-order chi connectivity index (χ1) is 15.9. The molecule has 1 heterocycles. The molecule has 0 aromatic heterocycles. The number of amides is 1.